The van der Waals surface area contributed by atoms with Crippen LogP contribution in [0, 0.1) is 5.92 Å². The third-order valence-electron chi connectivity index (χ3n) is 4.96. The first-order chi connectivity index (χ1) is 10.6. The highest BCUT2D eigenvalue weighted by Gasteiger charge is 2.33. The first-order valence-corrected chi connectivity index (χ1v) is 8.65. The van der Waals surface area contributed by atoms with E-state index in [1.165, 1.54) is 5.56 Å². The van der Waals surface area contributed by atoms with Crippen molar-refractivity contribution in [2.75, 3.05) is 13.1 Å². The quantitative estimate of drug-likeness (QED) is 0.830. The molecule has 1 amide bonds. The zero-order valence-corrected chi connectivity index (χ0v) is 14.5. The van der Waals surface area contributed by atoms with E-state index in [0.717, 1.165) is 32.5 Å². The van der Waals surface area contributed by atoms with Gasteiger partial charge in [-0.2, -0.15) is 0 Å². The van der Waals surface area contributed by atoms with E-state index in [4.69, 9.17) is 0 Å². The molecule has 1 fully saturated rings. The maximum atomic E-state index is 12.6. The summed E-state index contributed by atoms with van der Waals surface area (Å²) < 4.78 is 0. The Balaban J connectivity index is 2.01. The SMILES string of the molecule is CCC(CC)C(=O)N1CC(C)N(Cc2ccccc2)C(C)C1. The Hall–Kier alpha value is -1.35. The molecular weight excluding hydrogens is 272 g/mol. The van der Waals surface area contributed by atoms with Crippen LogP contribution in [0.4, 0.5) is 0 Å². The van der Waals surface area contributed by atoms with Crippen LogP contribution in [-0.4, -0.2) is 40.9 Å². The number of rotatable bonds is 5. The van der Waals surface area contributed by atoms with Crippen LogP contribution in [0.1, 0.15) is 46.1 Å². The Labute approximate surface area is 135 Å². The maximum Gasteiger partial charge on any atom is 0.225 e. The maximum absolute atomic E-state index is 12.6. The number of benzene rings is 1. The standard InChI is InChI=1S/C19H30N2O/c1-5-18(6-2)19(22)20-12-15(3)21(16(4)13-20)14-17-10-8-7-9-11-17/h7-11,15-16,18H,5-6,12-14H2,1-4H3. The first kappa shape index (κ1) is 17.0. The largest absolute Gasteiger partial charge is 0.339 e. The number of amides is 1. The van der Waals surface area contributed by atoms with Gasteiger partial charge in [-0.3, -0.25) is 9.69 Å². The summed E-state index contributed by atoms with van der Waals surface area (Å²) in [6, 6.07) is 11.4. The van der Waals surface area contributed by atoms with Gasteiger partial charge in [-0.1, -0.05) is 44.2 Å². The number of hydrogen-bond acceptors (Lipinski definition) is 2. The molecule has 2 atom stereocenters. The van der Waals surface area contributed by atoms with Crippen molar-refractivity contribution in [3.8, 4) is 0 Å². The van der Waals surface area contributed by atoms with Gasteiger partial charge in [0.25, 0.3) is 0 Å². The molecule has 1 aliphatic heterocycles. The molecule has 3 nitrogen and oxygen atoms in total. The molecule has 1 aliphatic rings. The molecule has 0 spiro atoms. The van der Waals surface area contributed by atoms with Crippen molar-refractivity contribution in [1.82, 2.24) is 9.80 Å². The van der Waals surface area contributed by atoms with E-state index in [2.05, 4.69) is 67.8 Å². The summed E-state index contributed by atoms with van der Waals surface area (Å²) in [5, 5.41) is 0. The van der Waals surface area contributed by atoms with Crippen LogP contribution in [0.3, 0.4) is 0 Å². The van der Waals surface area contributed by atoms with E-state index in [0.29, 0.717) is 18.0 Å². The molecule has 22 heavy (non-hydrogen) atoms. The number of piperazine rings is 1. The van der Waals surface area contributed by atoms with E-state index >= 15 is 0 Å². The average molecular weight is 302 g/mol. The molecule has 0 radical (unpaired) electrons. The second-order valence-electron chi connectivity index (χ2n) is 6.61. The lowest BCUT2D eigenvalue weighted by atomic mass is 9.99. The summed E-state index contributed by atoms with van der Waals surface area (Å²) in [7, 11) is 0. The van der Waals surface area contributed by atoms with Gasteiger partial charge in [0.2, 0.25) is 5.91 Å². The monoisotopic (exact) mass is 302 g/mol. The highest BCUT2D eigenvalue weighted by atomic mass is 16.2. The van der Waals surface area contributed by atoms with E-state index in [1.54, 1.807) is 0 Å². The van der Waals surface area contributed by atoms with Crippen molar-refractivity contribution in [2.45, 2.75) is 59.2 Å². The lowest BCUT2D eigenvalue weighted by Crippen LogP contribution is -2.58. The number of nitrogens with zero attached hydrogens (tertiary/aromatic N) is 2. The Morgan fingerprint density at radius 2 is 1.64 bits per heavy atom. The third-order valence-corrected chi connectivity index (χ3v) is 4.96. The van der Waals surface area contributed by atoms with E-state index in [-0.39, 0.29) is 5.92 Å². The van der Waals surface area contributed by atoms with Gasteiger partial charge in [-0.25, -0.2) is 0 Å². The average Bonchev–Trinajstić information content (AvgIpc) is 2.52. The summed E-state index contributed by atoms with van der Waals surface area (Å²) in [4.78, 5) is 17.2. The number of carbonyl (C=O) groups excluding carboxylic acids is 1. The van der Waals surface area contributed by atoms with Crippen LogP contribution < -0.4 is 0 Å². The molecule has 2 unspecified atom stereocenters. The van der Waals surface area contributed by atoms with Gasteiger partial charge in [0.15, 0.2) is 0 Å². The fourth-order valence-electron chi connectivity index (χ4n) is 3.54. The molecular formula is C19H30N2O. The lowest BCUT2D eigenvalue weighted by Gasteiger charge is -2.45. The zero-order valence-electron chi connectivity index (χ0n) is 14.5. The molecule has 3 heteroatoms. The first-order valence-electron chi connectivity index (χ1n) is 8.65. The Kier molecular flexibility index (Phi) is 6.01. The van der Waals surface area contributed by atoms with Crippen molar-refractivity contribution in [3.05, 3.63) is 35.9 Å². The summed E-state index contributed by atoms with van der Waals surface area (Å²) in [5.74, 6) is 0.545. The van der Waals surface area contributed by atoms with Gasteiger partial charge in [0, 0.05) is 37.6 Å². The van der Waals surface area contributed by atoms with Crippen molar-refractivity contribution < 1.29 is 4.79 Å². The van der Waals surface area contributed by atoms with E-state index in [9.17, 15) is 4.79 Å². The van der Waals surface area contributed by atoms with E-state index < -0.39 is 0 Å². The highest BCUT2D eigenvalue weighted by Crippen LogP contribution is 2.22. The Bertz CT molecular complexity index is 458. The zero-order chi connectivity index (χ0) is 16.1. The van der Waals surface area contributed by atoms with Crippen molar-refractivity contribution >= 4 is 5.91 Å². The van der Waals surface area contributed by atoms with Gasteiger partial charge < -0.3 is 4.90 Å². The molecule has 1 aromatic carbocycles. The Morgan fingerprint density at radius 1 is 1.09 bits per heavy atom. The van der Waals surface area contributed by atoms with Crippen molar-refractivity contribution in [2.24, 2.45) is 5.92 Å². The fourth-order valence-corrected chi connectivity index (χ4v) is 3.54. The van der Waals surface area contributed by atoms with Crippen LogP contribution in [0.25, 0.3) is 0 Å². The summed E-state index contributed by atoms with van der Waals surface area (Å²) in [5.41, 5.74) is 1.35. The summed E-state index contributed by atoms with van der Waals surface area (Å²) in [6.07, 6.45) is 1.89. The predicted molar refractivity (Wildman–Crippen MR) is 91.6 cm³/mol. The molecule has 0 bridgehead atoms. The van der Waals surface area contributed by atoms with Crippen LogP contribution in [0.15, 0.2) is 30.3 Å². The van der Waals surface area contributed by atoms with Gasteiger partial charge in [-0.15, -0.1) is 0 Å². The van der Waals surface area contributed by atoms with Crippen molar-refractivity contribution in [3.63, 3.8) is 0 Å². The fraction of sp³-hybridized carbons (Fsp3) is 0.632. The molecule has 0 aromatic heterocycles. The molecule has 1 heterocycles. The smallest absolute Gasteiger partial charge is 0.225 e. The summed E-state index contributed by atoms with van der Waals surface area (Å²) >= 11 is 0. The van der Waals surface area contributed by atoms with Crippen LogP contribution >= 0.6 is 0 Å². The minimum absolute atomic E-state index is 0.195. The Morgan fingerprint density at radius 3 is 2.14 bits per heavy atom. The lowest BCUT2D eigenvalue weighted by molar-refractivity contribution is -0.140. The second-order valence-corrected chi connectivity index (χ2v) is 6.61. The van der Waals surface area contributed by atoms with Crippen LogP contribution in [-0.2, 0) is 11.3 Å². The molecule has 1 saturated heterocycles. The van der Waals surface area contributed by atoms with Crippen LogP contribution in [0.5, 0.6) is 0 Å². The third kappa shape index (κ3) is 3.89. The highest BCUT2D eigenvalue weighted by molar-refractivity contribution is 5.79. The van der Waals surface area contributed by atoms with E-state index in [1.807, 2.05) is 0 Å². The normalized spacial score (nSPS) is 23.0. The number of hydrogen-bond donors (Lipinski definition) is 0. The number of carbonyl (C=O) groups is 1. The molecule has 0 N–H and O–H groups in total. The molecule has 0 aliphatic carbocycles. The molecule has 1 aromatic rings. The van der Waals surface area contributed by atoms with Gasteiger partial charge in [0.05, 0.1) is 0 Å². The van der Waals surface area contributed by atoms with Gasteiger partial charge in [0.1, 0.15) is 0 Å². The topological polar surface area (TPSA) is 23.6 Å². The summed E-state index contributed by atoms with van der Waals surface area (Å²) in [6.45, 7) is 11.4. The minimum Gasteiger partial charge on any atom is -0.339 e. The molecule has 122 valence electrons. The van der Waals surface area contributed by atoms with Crippen LogP contribution in [0.2, 0.25) is 0 Å². The van der Waals surface area contributed by atoms with Gasteiger partial charge >= 0.3 is 0 Å². The van der Waals surface area contributed by atoms with Crippen molar-refractivity contribution in [1.29, 1.82) is 0 Å². The minimum atomic E-state index is 0.195. The predicted octanol–water partition coefficient (Wildman–Crippen LogP) is 3.54. The molecule has 0 saturated carbocycles. The van der Waals surface area contributed by atoms with Gasteiger partial charge in [-0.05, 0) is 32.3 Å². The molecule has 2 rings (SSSR count). The second kappa shape index (κ2) is 7.77.